The third-order valence-corrected chi connectivity index (χ3v) is 3.56. The first-order chi connectivity index (χ1) is 12.7. The summed E-state index contributed by atoms with van der Waals surface area (Å²) in [5, 5.41) is 0. The predicted octanol–water partition coefficient (Wildman–Crippen LogP) is 5.24. The zero-order chi connectivity index (χ0) is 21.8. The van der Waals surface area contributed by atoms with Crippen molar-refractivity contribution < 1.29 is 53.8 Å². The van der Waals surface area contributed by atoms with E-state index in [-0.39, 0.29) is 5.56 Å². The summed E-state index contributed by atoms with van der Waals surface area (Å²) >= 11 is 0. The SMILES string of the molecule is CCCc1ccc(C(=O)OCCOC(C(F)(F)F)(C(F)(F)F)C(F)(F)F)cc1. The van der Waals surface area contributed by atoms with Crippen molar-refractivity contribution in [2.24, 2.45) is 0 Å². The highest BCUT2D eigenvalue weighted by Crippen LogP contribution is 2.54. The van der Waals surface area contributed by atoms with Crippen molar-refractivity contribution in [1.82, 2.24) is 0 Å². The normalized spacial score (nSPS) is 13.5. The van der Waals surface area contributed by atoms with E-state index in [1.807, 2.05) is 6.92 Å². The Balaban J connectivity index is 2.81. The largest absolute Gasteiger partial charge is 0.460 e. The van der Waals surface area contributed by atoms with Crippen LogP contribution in [0, 0.1) is 0 Å². The molecule has 160 valence electrons. The van der Waals surface area contributed by atoms with Gasteiger partial charge in [0.2, 0.25) is 0 Å². The number of hydrogen-bond acceptors (Lipinski definition) is 3. The molecule has 0 amide bonds. The summed E-state index contributed by atoms with van der Waals surface area (Å²) in [6, 6.07) is 5.72. The van der Waals surface area contributed by atoms with Gasteiger partial charge in [0.15, 0.2) is 0 Å². The highest BCUT2D eigenvalue weighted by atomic mass is 19.4. The van der Waals surface area contributed by atoms with Crippen LogP contribution in [0.25, 0.3) is 0 Å². The molecule has 0 N–H and O–H groups in total. The number of hydrogen-bond donors (Lipinski definition) is 0. The average molecular weight is 426 g/mol. The topological polar surface area (TPSA) is 35.5 Å². The molecule has 0 radical (unpaired) electrons. The van der Waals surface area contributed by atoms with E-state index < -0.39 is 43.3 Å². The van der Waals surface area contributed by atoms with E-state index in [0.717, 1.165) is 12.0 Å². The van der Waals surface area contributed by atoms with E-state index in [4.69, 9.17) is 0 Å². The van der Waals surface area contributed by atoms with Crippen molar-refractivity contribution in [1.29, 1.82) is 0 Å². The molecule has 1 rings (SSSR count). The Kier molecular flexibility index (Phi) is 7.37. The minimum atomic E-state index is -6.83. The van der Waals surface area contributed by atoms with Crippen LogP contribution in [0.2, 0.25) is 0 Å². The lowest BCUT2D eigenvalue weighted by molar-refractivity contribution is -0.457. The number of carbonyl (C=O) groups is 1. The van der Waals surface area contributed by atoms with Crippen LogP contribution in [-0.4, -0.2) is 43.3 Å². The van der Waals surface area contributed by atoms with Crippen LogP contribution in [-0.2, 0) is 15.9 Å². The Morgan fingerprint density at radius 3 is 1.68 bits per heavy atom. The number of carbonyl (C=O) groups excluding carboxylic acids is 1. The van der Waals surface area contributed by atoms with E-state index in [9.17, 15) is 44.3 Å². The maximum Gasteiger partial charge on any atom is 0.435 e. The van der Waals surface area contributed by atoms with Gasteiger partial charge in [-0.2, -0.15) is 39.5 Å². The smallest absolute Gasteiger partial charge is 0.435 e. The van der Waals surface area contributed by atoms with Gasteiger partial charge < -0.3 is 9.47 Å². The van der Waals surface area contributed by atoms with Crippen LogP contribution < -0.4 is 0 Å². The van der Waals surface area contributed by atoms with Crippen molar-refractivity contribution >= 4 is 5.97 Å². The molecule has 0 aromatic heterocycles. The van der Waals surface area contributed by atoms with Gasteiger partial charge in [0.1, 0.15) is 6.61 Å². The molecule has 0 aliphatic heterocycles. The van der Waals surface area contributed by atoms with E-state index in [2.05, 4.69) is 9.47 Å². The Morgan fingerprint density at radius 2 is 1.29 bits per heavy atom. The van der Waals surface area contributed by atoms with E-state index in [1.54, 1.807) is 12.1 Å². The second-order valence-electron chi connectivity index (χ2n) is 5.61. The monoisotopic (exact) mass is 426 g/mol. The van der Waals surface area contributed by atoms with Gasteiger partial charge in [-0.3, -0.25) is 0 Å². The summed E-state index contributed by atoms with van der Waals surface area (Å²) in [5.41, 5.74) is -5.59. The molecule has 1 aromatic rings. The number of alkyl halides is 9. The van der Waals surface area contributed by atoms with Gasteiger partial charge in [0.25, 0.3) is 0 Å². The third-order valence-electron chi connectivity index (χ3n) is 3.56. The van der Waals surface area contributed by atoms with Crippen LogP contribution >= 0.6 is 0 Å². The number of aryl methyl sites for hydroxylation is 1. The molecule has 0 aliphatic rings. The molecule has 12 heteroatoms. The molecule has 0 saturated carbocycles. The van der Waals surface area contributed by atoms with Gasteiger partial charge in [0, 0.05) is 0 Å². The van der Waals surface area contributed by atoms with Crippen LogP contribution in [0.1, 0.15) is 29.3 Å². The molecule has 0 aliphatic carbocycles. The Labute approximate surface area is 153 Å². The lowest BCUT2D eigenvalue weighted by Gasteiger charge is -2.37. The van der Waals surface area contributed by atoms with Crippen molar-refractivity contribution in [2.75, 3.05) is 13.2 Å². The molecule has 0 unspecified atom stereocenters. The molecule has 0 heterocycles. The van der Waals surface area contributed by atoms with Gasteiger partial charge in [-0.15, -0.1) is 0 Å². The molecule has 0 atom stereocenters. The molecule has 1 aromatic carbocycles. The third kappa shape index (κ3) is 5.09. The quantitative estimate of drug-likeness (QED) is 0.340. The summed E-state index contributed by atoms with van der Waals surface area (Å²) in [6.07, 6.45) is -19.0. The molecule has 0 saturated heterocycles. The van der Waals surface area contributed by atoms with Crippen molar-refractivity contribution in [3.63, 3.8) is 0 Å². The summed E-state index contributed by atoms with van der Waals surface area (Å²) in [6.45, 7) is -1.12. The number of ether oxygens (including phenoxy) is 2. The van der Waals surface area contributed by atoms with E-state index in [0.29, 0.717) is 6.42 Å². The maximum atomic E-state index is 12.6. The predicted molar refractivity (Wildman–Crippen MR) is 77.6 cm³/mol. The first-order valence-electron chi connectivity index (χ1n) is 7.77. The Morgan fingerprint density at radius 1 is 0.821 bits per heavy atom. The molecule has 0 bridgehead atoms. The fourth-order valence-corrected chi connectivity index (χ4v) is 2.24. The average Bonchev–Trinajstić information content (AvgIpc) is 2.51. The number of halogens is 9. The maximum absolute atomic E-state index is 12.6. The Hall–Kier alpha value is -1.98. The van der Waals surface area contributed by atoms with Gasteiger partial charge >= 0.3 is 30.1 Å². The highest BCUT2D eigenvalue weighted by molar-refractivity contribution is 5.89. The fourth-order valence-electron chi connectivity index (χ4n) is 2.24. The molecule has 0 spiro atoms. The van der Waals surface area contributed by atoms with Gasteiger partial charge in [-0.05, 0) is 24.1 Å². The number of rotatable bonds is 7. The van der Waals surface area contributed by atoms with Crippen LogP contribution in [0.4, 0.5) is 39.5 Å². The number of benzene rings is 1. The molecule has 3 nitrogen and oxygen atoms in total. The summed E-state index contributed by atoms with van der Waals surface area (Å²) in [7, 11) is 0. The minimum absolute atomic E-state index is 0.0754. The first-order valence-corrected chi connectivity index (χ1v) is 7.77. The molecule has 0 fully saturated rings. The zero-order valence-corrected chi connectivity index (χ0v) is 14.3. The first kappa shape index (κ1) is 24.1. The van der Waals surface area contributed by atoms with E-state index in [1.165, 1.54) is 12.1 Å². The zero-order valence-electron chi connectivity index (χ0n) is 14.3. The lowest BCUT2D eigenvalue weighted by Crippen LogP contribution is -2.68. The van der Waals surface area contributed by atoms with Crippen LogP contribution in [0.15, 0.2) is 24.3 Å². The van der Waals surface area contributed by atoms with Gasteiger partial charge in [0.05, 0.1) is 12.2 Å². The van der Waals surface area contributed by atoms with Crippen molar-refractivity contribution in [2.45, 2.75) is 43.9 Å². The summed E-state index contributed by atoms with van der Waals surface area (Å²) in [4.78, 5) is 11.7. The number of esters is 1. The van der Waals surface area contributed by atoms with Crippen molar-refractivity contribution in [3.8, 4) is 0 Å². The van der Waals surface area contributed by atoms with Crippen LogP contribution in [0.5, 0.6) is 0 Å². The molecular weight excluding hydrogens is 411 g/mol. The van der Waals surface area contributed by atoms with Crippen molar-refractivity contribution in [3.05, 3.63) is 35.4 Å². The standard InChI is InChI=1S/C16H15F9O3/c1-2-3-10-4-6-11(7-5-10)12(26)27-8-9-28-13(14(17,18)19,15(20,21)22)16(23,24)25/h4-7H,2-3,8-9H2,1H3. The second-order valence-corrected chi connectivity index (χ2v) is 5.61. The van der Waals surface area contributed by atoms with Gasteiger partial charge in [-0.1, -0.05) is 25.5 Å². The fraction of sp³-hybridized carbons (Fsp3) is 0.562. The van der Waals surface area contributed by atoms with Crippen LogP contribution in [0.3, 0.4) is 0 Å². The minimum Gasteiger partial charge on any atom is -0.460 e. The summed E-state index contributed by atoms with van der Waals surface area (Å²) < 4.78 is 121. The lowest BCUT2D eigenvalue weighted by atomic mass is 10.0. The molecular formula is C16H15F9O3. The highest BCUT2D eigenvalue weighted by Gasteiger charge is 2.85. The summed E-state index contributed by atoms with van der Waals surface area (Å²) in [5.74, 6) is -1.14. The van der Waals surface area contributed by atoms with Gasteiger partial charge in [-0.25, -0.2) is 4.79 Å². The Bertz CT molecular complexity index is 609. The van der Waals surface area contributed by atoms with E-state index >= 15 is 0 Å². The molecule has 28 heavy (non-hydrogen) atoms. The second kappa shape index (κ2) is 8.58.